The van der Waals surface area contributed by atoms with Crippen molar-refractivity contribution in [2.75, 3.05) is 26.2 Å². The summed E-state index contributed by atoms with van der Waals surface area (Å²) in [6, 6.07) is 19.0. The van der Waals surface area contributed by atoms with Gasteiger partial charge < -0.3 is 15.0 Å². The van der Waals surface area contributed by atoms with E-state index in [0.29, 0.717) is 36.0 Å². The fourth-order valence-electron chi connectivity index (χ4n) is 3.44. The van der Waals surface area contributed by atoms with Crippen LogP contribution >= 0.6 is 11.6 Å². The molecule has 1 aliphatic heterocycles. The number of rotatable bonds is 5. The van der Waals surface area contributed by atoms with Crippen LogP contribution in [0.2, 0.25) is 5.02 Å². The van der Waals surface area contributed by atoms with Crippen LogP contribution in [0.5, 0.6) is 5.75 Å². The summed E-state index contributed by atoms with van der Waals surface area (Å²) in [6.07, 6.45) is 3.39. The first-order chi connectivity index (χ1) is 14.2. The molecule has 0 radical (unpaired) electrons. The molecule has 2 heterocycles. The summed E-state index contributed by atoms with van der Waals surface area (Å²) < 4.78 is 5.86. The molecule has 1 aliphatic rings. The first-order valence-corrected chi connectivity index (χ1v) is 9.99. The van der Waals surface area contributed by atoms with Gasteiger partial charge in [-0.3, -0.25) is 9.78 Å². The first-order valence-electron chi connectivity index (χ1n) is 9.61. The summed E-state index contributed by atoms with van der Waals surface area (Å²) in [6.45, 7) is 2.53. The molecule has 1 amide bonds. The number of amides is 1. The number of nitrogens with one attached hydrogen (secondary N) is 1. The van der Waals surface area contributed by atoms with Crippen molar-refractivity contribution in [1.29, 1.82) is 0 Å². The van der Waals surface area contributed by atoms with E-state index in [1.807, 2.05) is 65.6 Å². The van der Waals surface area contributed by atoms with Crippen LogP contribution in [0.4, 0.5) is 0 Å². The quantitative estimate of drug-likeness (QED) is 0.697. The number of hydrogen-bond donors (Lipinski definition) is 1. The zero-order valence-corrected chi connectivity index (χ0v) is 16.7. The van der Waals surface area contributed by atoms with Gasteiger partial charge in [0, 0.05) is 36.4 Å². The van der Waals surface area contributed by atoms with Gasteiger partial charge in [0.05, 0.1) is 12.2 Å². The van der Waals surface area contributed by atoms with Crippen LogP contribution in [0.25, 0.3) is 11.1 Å². The first kappa shape index (κ1) is 19.4. The van der Waals surface area contributed by atoms with E-state index in [9.17, 15) is 4.79 Å². The van der Waals surface area contributed by atoms with Gasteiger partial charge in [-0.1, -0.05) is 35.9 Å². The monoisotopic (exact) mass is 407 g/mol. The standard InChI is InChI=1S/C23H22ClN3O2/c24-20-8-6-17(7-9-20)18-3-1-4-19(13-18)23(28)27-12-11-26-14-21(27)16-29-22-5-2-10-25-15-22/h1-10,13,15,21,26H,11-12,14,16H2. The van der Waals surface area contributed by atoms with Gasteiger partial charge in [0.15, 0.2) is 0 Å². The second kappa shape index (κ2) is 9.07. The number of hydrogen-bond acceptors (Lipinski definition) is 4. The highest BCUT2D eigenvalue weighted by Gasteiger charge is 2.28. The molecular weight excluding hydrogens is 386 g/mol. The van der Waals surface area contributed by atoms with Gasteiger partial charge in [-0.2, -0.15) is 0 Å². The zero-order valence-electron chi connectivity index (χ0n) is 15.9. The van der Waals surface area contributed by atoms with E-state index < -0.39 is 0 Å². The number of halogens is 1. The molecule has 1 fully saturated rings. The van der Waals surface area contributed by atoms with Crippen molar-refractivity contribution in [2.45, 2.75) is 6.04 Å². The van der Waals surface area contributed by atoms with Crippen LogP contribution in [0.1, 0.15) is 10.4 Å². The molecule has 1 atom stereocenters. The van der Waals surface area contributed by atoms with Gasteiger partial charge >= 0.3 is 0 Å². The molecule has 29 heavy (non-hydrogen) atoms. The Kier molecular flexibility index (Phi) is 6.08. The van der Waals surface area contributed by atoms with Crippen molar-refractivity contribution in [1.82, 2.24) is 15.2 Å². The third-order valence-corrected chi connectivity index (χ3v) is 5.23. The number of benzene rings is 2. The van der Waals surface area contributed by atoms with Crippen LogP contribution in [0, 0.1) is 0 Å². The lowest BCUT2D eigenvalue weighted by atomic mass is 10.0. The van der Waals surface area contributed by atoms with Crippen molar-refractivity contribution in [3.05, 3.63) is 83.6 Å². The summed E-state index contributed by atoms with van der Waals surface area (Å²) in [4.78, 5) is 19.2. The predicted molar refractivity (Wildman–Crippen MR) is 114 cm³/mol. The molecule has 148 valence electrons. The Hall–Kier alpha value is -2.89. The number of aromatic nitrogens is 1. The van der Waals surface area contributed by atoms with E-state index in [1.165, 1.54) is 0 Å². The van der Waals surface area contributed by atoms with Gasteiger partial charge in [-0.15, -0.1) is 0 Å². The fraction of sp³-hybridized carbons (Fsp3) is 0.217. The maximum absolute atomic E-state index is 13.3. The Morgan fingerprint density at radius 1 is 1.14 bits per heavy atom. The largest absolute Gasteiger partial charge is 0.490 e. The number of nitrogens with zero attached hydrogens (tertiary/aromatic N) is 2. The van der Waals surface area contributed by atoms with Crippen LogP contribution in [-0.4, -0.2) is 48.1 Å². The average Bonchev–Trinajstić information content (AvgIpc) is 2.79. The van der Waals surface area contributed by atoms with Crippen molar-refractivity contribution >= 4 is 17.5 Å². The molecule has 2 aromatic carbocycles. The molecule has 0 saturated carbocycles. The van der Waals surface area contributed by atoms with Crippen molar-refractivity contribution in [3.8, 4) is 16.9 Å². The highest BCUT2D eigenvalue weighted by atomic mass is 35.5. The van der Waals surface area contributed by atoms with Gasteiger partial charge in [0.2, 0.25) is 0 Å². The minimum atomic E-state index is -0.0457. The van der Waals surface area contributed by atoms with E-state index in [1.54, 1.807) is 12.4 Å². The Bertz CT molecular complexity index is 963. The normalized spacial score (nSPS) is 16.4. The van der Waals surface area contributed by atoms with E-state index in [0.717, 1.165) is 17.7 Å². The average molecular weight is 408 g/mol. The van der Waals surface area contributed by atoms with Gasteiger partial charge in [-0.25, -0.2) is 0 Å². The van der Waals surface area contributed by atoms with Crippen LogP contribution in [0.15, 0.2) is 73.1 Å². The second-order valence-electron chi connectivity index (χ2n) is 6.94. The minimum Gasteiger partial charge on any atom is -0.490 e. The Labute approximate surface area is 175 Å². The minimum absolute atomic E-state index is 0.0158. The van der Waals surface area contributed by atoms with Crippen LogP contribution in [0.3, 0.4) is 0 Å². The molecule has 0 spiro atoms. The topological polar surface area (TPSA) is 54.5 Å². The van der Waals surface area contributed by atoms with Gasteiger partial charge in [-0.05, 0) is 47.5 Å². The van der Waals surface area contributed by atoms with E-state index in [4.69, 9.17) is 16.3 Å². The van der Waals surface area contributed by atoms with Gasteiger partial charge in [0.25, 0.3) is 5.91 Å². The molecule has 1 N–H and O–H groups in total. The molecule has 1 aromatic heterocycles. The number of ether oxygens (including phenoxy) is 1. The third-order valence-electron chi connectivity index (χ3n) is 4.97. The molecule has 4 rings (SSSR count). The van der Waals surface area contributed by atoms with E-state index >= 15 is 0 Å². The molecule has 0 aliphatic carbocycles. The summed E-state index contributed by atoms with van der Waals surface area (Å²) in [5, 5.41) is 4.04. The maximum Gasteiger partial charge on any atom is 0.254 e. The van der Waals surface area contributed by atoms with E-state index in [2.05, 4.69) is 10.3 Å². The summed E-state index contributed by atoms with van der Waals surface area (Å²) in [5.74, 6) is 0.720. The molecule has 1 saturated heterocycles. The van der Waals surface area contributed by atoms with Crippen LogP contribution in [-0.2, 0) is 0 Å². The molecule has 1 unspecified atom stereocenters. The lowest BCUT2D eigenvalue weighted by Gasteiger charge is -2.36. The Morgan fingerprint density at radius 3 is 2.79 bits per heavy atom. The summed E-state index contributed by atoms with van der Waals surface area (Å²) in [5.41, 5.74) is 2.69. The smallest absolute Gasteiger partial charge is 0.254 e. The molecule has 6 heteroatoms. The number of carbonyl (C=O) groups excluding carboxylic acids is 1. The number of pyridine rings is 1. The predicted octanol–water partition coefficient (Wildman–Crippen LogP) is 3.90. The fourth-order valence-corrected chi connectivity index (χ4v) is 3.57. The highest BCUT2D eigenvalue weighted by molar-refractivity contribution is 6.30. The highest BCUT2D eigenvalue weighted by Crippen LogP contribution is 2.23. The van der Waals surface area contributed by atoms with Gasteiger partial charge in [0.1, 0.15) is 12.4 Å². The zero-order chi connectivity index (χ0) is 20.1. The van der Waals surface area contributed by atoms with Crippen molar-refractivity contribution < 1.29 is 9.53 Å². The maximum atomic E-state index is 13.3. The van der Waals surface area contributed by atoms with Crippen LogP contribution < -0.4 is 10.1 Å². The molecular formula is C23H22ClN3O2. The molecule has 5 nitrogen and oxygen atoms in total. The SMILES string of the molecule is O=C(c1cccc(-c2ccc(Cl)cc2)c1)N1CCNCC1COc1cccnc1. The molecule has 3 aromatic rings. The van der Waals surface area contributed by atoms with Crippen molar-refractivity contribution in [2.24, 2.45) is 0 Å². The third kappa shape index (κ3) is 4.75. The number of carbonyl (C=O) groups is 1. The summed E-state index contributed by atoms with van der Waals surface area (Å²) >= 11 is 5.99. The van der Waals surface area contributed by atoms with E-state index in [-0.39, 0.29) is 11.9 Å². The molecule has 0 bridgehead atoms. The second-order valence-corrected chi connectivity index (χ2v) is 7.38. The lowest BCUT2D eigenvalue weighted by Crippen LogP contribution is -2.55. The number of piperazine rings is 1. The Balaban J connectivity index is 1.50. The lowest BCUT2D eigenvalue weighted by molar-refractivity contribution is 0.0559. The van der Waals surface area contributed by atoms with Crippen molar-refractivity contribution in [3.63, 3.8) is 0 Å². The summed E-state index contributed by atoms with van der Waals surface area (Å²) in [7, 11) is 0. The Morgan fingerprint density at radius 2 is 2.00 bits per heavy atom.